The van der Waals surface area contributed by atoms with Crippen molar-refractivity contribution in [3.8, 4) is 0 Å². The summed E-state index contributed by atoms with van der Waals surface area (Å²) in [5, 5.41) is 3.02. The number of rotatable bonds is 5. The van der Waals surface area contributed by atoms with Crippen LogP contribution in [0.4, 0.5) is 0 Å². The number of hydrogen-bond acceptors (Lipinski definition) is 5. The third-order valence-corrected chi connectivity index (χ3v) is 4.91. The van der Waals surface area contributed by atoms with E-state index in [2.05, 4.69) is 33.9 Å². The number of likely N-dealkylation sites (N-methyl/N-ethyl adjacent to an activating group) is 1. The summed E-state index contributed by atoms with van der Waals surface area (Å²) in [5.41, 5.74) is 2.54. The standard InChI is InChI=1S/C14H24N4OS/c1-4-17-5-7-18(8-6-17)11(2)9-15-14(19)13-12(3)16-10-20-13/h10-11H,4-9H2,1-3H3,(H,15,19)/t11-/m1/s1. The maximum atomic E-state index is 12.0. The van der Waals surface area contributed by atoms with Gasteiger partial charge in [0.15, 0.2) is 0 Å². The van der Waals surface area contributed by atoms with Crippen LogP contribution in [0.15, 0.2) is 5.51 Å². The van der Waals surface area contributed by atoms with Crippen LogP contribution in [-0.2, 0) is 0 Å². The molecular weight excluding hydrogens is 272 g/mol. The van der Waals surface area contributed by atoms with E-state index in [0.717, 1.165) is 43.3 Å². The average Bonchev–Trinajstić information content (AvgIpc) is 2.90. The summed E-state index contributed by atoms with van der Waals surface area (Å²) in [5.74, 6) is 0.00374. The van der Waals surface area contributed by atoms with Gasteiger partial charge in [-0.1, -0.05) is 6.92 Å². The fraction of sp³-hybridized carbons (Fsp3) is 0.714. The highest BCUT2D eigenvalue weighted by Gasteiger charge is 2.21. The monoisotopic (exact) mass is 296 g/mol. The Morgan fingerprint density at radius 2 is 2.15 bits per heavy atom. The van der Waals surface area contributed by atoms with Crippen molar-refractivity contribution in [1.82, 2.24) is 20.1 Å². The highest BCUT2D eigenvalue weighted by molar-refractivity contribution is 7.11. The number of amides is 1. The third kappa shape index (κ3) is 3.77. The Kier molecular flexibility index (Phi) is 5.51. The summed E-state index contributed by atoms with van der Waals surface area (Å²) in [7, 11) is 0. The molecule has 0 radical (unpaired) electrons. The molecule has 0 spiro atoms. The molecule has 112 valence electrons. The summed E-state index contributed by atoms with van der Waals surface area (Å²) >= 11 is 1.40. The summed E-state index contributed by atoms with van der Waals surface area (Å²) in [6.07, 6.45) is 0. The number of aromatic nitrogens is 1. The Bertz CT molecular complexity index is 440. The first-order valence-electron chi connectivity index (χ1n) is 7.26. The van der Waals surface area contributed by atoms with E-state index in [1.165, 1.54) is 11.3 Å². The van der Waals surface area contributed by atoms with Gasteiger partial charge in [-0.15, -0.1) is 11.3 Å². The number of thiazole rings is 1. The number of hydrogen-bond donors (Lipinski definition) is 1. The molecule has 2 rings (SSSR count). The molecule has 1 saturated heterocycles. The smallest absolute Gasteiger partial charge is 0.263 e. The molecule has 5 nitrogen and oxygen atoms in total. The van der Waals surface area contributed by atoms with Gasteiger partial charge in [-0.3, -0.25) is 9.69 Å². The van der Waals surface area contributed by atoms with Gasteiger partial charge >= 0.3 is 0 Å². The van der Waals surface area contributed by atoms with Gasteiger partial charge in [0.1, 0.15) is 4.88 Å². The Labute approximate surface area is 125 Å². The highest BCUT2D eigenvalue weighted by atomic mass is 32.1. The van der Waals surface area contributed by atoms with Crippen LogP contribution in [-0.4, -0.2) is 66.0 Å². The number of nitrogens with zero attached hydrogens (tertiary/aromatic N) is 3. The van der Waals surface area contributed by atoms with Crippen LogP contribution in [0.5, 0.6) is 0 Å². The molecule has 1 amide bonds. The molecular formula is C14H24N4OS. The zero-order valence-electron chi connectivity index (χ0n) is 12.6. The maximum absolute atomic E-state index is 12.0. The predicted octanol–water partition coefficient (Wildman–Crippen LogP) is 1.21. The van der Waals surface area contributed by atoms with Gasteiger partial charge in [0.05, 0.1) is 11.2 Å². The molecule has 1 aliphatic rings. The quantitative estimate of drug-likeness (QED) is 0.887. The zero-order chi connectivity index (χ0) is 14.5. The molecule has 20 heavy (non-hydrogen) atoms. The molecule has 1 aromatic rings. The fourth-order valence-electron chi connectivity index (χ4n) is 2.49. The Morgan fingerprint density at radius 3 is 2.70 bits per heavy atom. The summed E-state index contributed by atoms with van der Waals surface area (Å²) in [6.45, 7) is 12.5. The van der Waals surface area contributed by atoms with Gasteiger partial charge in [-0.05, 0) is 20.4 Å². The van der Waals surface area contributed by atoms with Crippen LogP contribution in [0.1, 0.15) is 29.2 Å². The molecule has 6 heteroatoms. The lowest BCUT2D eigenvalue weighted by Crippen LogP contribution is -2.52. The molecule has 1 fully saturated rings. The third-order valence-electron chi connectivity index (χ3n) is 3.99. The Hall–Kier alpha value is -0.980. The van der Waals surface area contributed by atoms with Crippen LogP contribution in [0, 0.1) is 6.92 Å². The van der Waals surface area contributed by atoms with Crippen molar-refractivity contribution < 1.29 is 4.79 Å². The summed E-state index contributed by atoms with van der Waals surface area (Å²) in [6, 6.07) is 0.381. The second-order valence-corrected chi connectivity index (χ2v) is 6.15. The zero-order valence-corrected chi connectivity index (χ0v) is 13.4. The molecule has 1 aromatic heterocycles. The minimum Gasteiger partial charge on any atom is -0.350 e. The summed E-state index contributed by atoms with van der Waals surface area (Å²) in [4.78, 5) is 21.8. The van der Waals surface area contributed by atoms with Crippen molar-refractivity contribution in [3.63, 3.8) is 0 Å². The van der Waals surface area contributed by atoms with Gasteiger partial charge in [0.25, 0.3) is 5.91 Å². The van der Waals surface area contributed by atoms with Crippen LogP contribution in [0.2, 0.25) is 0 Å². The van der Waals surface area contributed by atoms with E-state index in [0.29, 0.717) is 12.6 Å². The van der Waals surface area contributed by atoms with Crippen molar-refractivity contribution >= 4 is 17.2 Å². The van der Waals surface area contributed by atoms with E-state index in [1.807, 2.05) is 6.92 Å². The number of piperazine rings is 1. The number of nitrogens with one attached hydrogen (secondary N) is 1. The molecule has 2 heterocycles. The molecule has 0 bridgehead atoms. The van der Waals surface area contributed by atoms with Crippen LogP contribution in [0.3, 0.4) is 0 Å². The lowest BCUT2D eigenvalue weighted by molar-refractivity contribution is 0.0885. The van der Waals surface area contributed by atoms with Gasteiger partial charge in [-0.25, -0.2) is 4.98 Å². The van der Waals surface area contributed by atoms with Crippen LogP contribution in [0.25, 0.3) is 0 Å². The molecule has 1 aliphatic heterocycles. The second kappa shape index (κ2) is 7.15. The second-order valence-electron chi connectivity index (χ2n) is 5.30. The number of aryl methyl sites for hydroxylation is 1. The summed E-state index contributed by atoms with van der Waals surface area (Å²) < 4.78 is 0. The molecule has 0 aromatic carbocycles. The molecule has 0 saturated carbocycles. The van der Waals surface area contributed by atoms with E-state index in [4.69, 9.17) is 0 Å². The topological polar surface area (TPSA) is 48.5 Å². The fourth-order valence-corrected chi connectivity index (χ4v) is 3.21. The van der Waals surface area contributed by atoms with Gasteiger partial charge in [0.2, 0.25) is 0 Å². The van der Waals surface area contributed by atoms with Crippen molar-refractivity contribution in [1.29, 1.82) is 0 Å². The first kappa shape index (κ1) is 15.4. The van der Waals surface area contributed by atoms with E-state index >= 15 is 0 Å². The Morgan fingerprint density at radius 1 is 1.45 bits per heavy atom. The van der Waals surface area contributed by atoms with E-state index in [1.54, 1.807) is 5.51 Å². The van der Waals surface area contributed by atoms with Crippen molar-refractivity contribution in [2.75, 3.05) is 39.3 Å². The first-order chi connectivity index (χ1) is 9.61. The van der Waals surface area contributed by atoms with Gasteiger partial charge in [0, 0.05) is 38.8 Å². The molecule has 0 aliphatic carbocycles. The molecule has 1 atom stereocenters. The van der Waals surface area contributed by atoms with Crippen molar-refractivity contribution in [2.24, 2.45) is 0 Å². The van der Waals surface area contributed by atoms with Crippen LogP contribution < -0.4 is 5.32 Å². The number of carbonyl (C=O) groups is 1. The van der Waals surface area contributed by atoms with Gasteiger partial charge in [-0.2, -0.15) is 0 Å². The van der Waals surface area contributed by atoms with E-state index in [-0.39, 0.29) is 5.91 Å². The predicted molar refractivity (Wildman–Crippen MR) is 82.3 cm³/mol. The lowest BCUT2D eigenvalue weighted by atomic mass is 10.2. The maximum Gasteiger partial charge on any atom is 0.263 e. The van der Waals surface area contributed by atoms with Crippen LogP contribution >= 0.6 is 11.3 Å². The van der Waals surface area contributed by atoms with Crippen molar-refractivity contribution in [2.45, 2.75) is 26.8 Å². The molecule has 0 unspecified atom stereocenters. The SMILES string of the molecule is CCN1CCN([C@H](C)CNC(=O)c2scnc2C)CC1. The molecule has 1 N–H and O–H groups in total. The number of carbonyl (C=O) groups excluding carboxylic acids is 1. The Balaban J connectivity index is 1.77. The minimum absolute atomic E-state index is 0.00374. The van der Waals surface area contributed by atoms with Gasteiger partial charge < -0.3 is 10.2 Å². The average molecular weight is 296 g/mol. The first-order valence-corrected chi connectivity index (χ1v) is 8.14. The highest BCUT2D eigenvalue weighted by Crippen LogP contribution is 2.12. The van der Waals surface area contributed by atoms with E-state index in [9.17, 15) is 4.79 Å². The normalized spacial score (nSPS) is 18.9. The lowest BCUT2D eigenvalue weighted by Gasteiger charge is -2.37. The van der Waals surface area contributed by atoms with Crippen molar-refractivity contribution in [3.05, 3.63) is 16.1 Å². The van der Waals surface area contributed by atoms with E-state index < -0.39 is 0 Å². The largest absolute Gasteiger partial charge is 0.350 e. The minimum atomic E-state index is 0.00374.